The van der Waals surface area contributed by atoms with Gasteiger partial charge in [0.2, 0.25) is 0 Å². The fourth-order valence-corrected chi connectivity index (χ4v) is 1.34. The van der Waals surface area contributed by atoms with Gasteiger partial charge in [-0.15, -0.1) is 0 Å². The van der Waals surface area contributed by atoms with Gasteiger partial charge >= 0.3 is 5.97 Å². The minimum absolute atomic E-state index is 0.352. The molecule has 0 aromatic heterocycles. The highest BCUT2D eigenvalue weighted by atomic mass is 16.5. The van der Waals surface area contributed by atoms with E-state index in [-0.39, 0.29) is 5.91 Å². The van der Waals surface area contributed by atoms with Gasteiger partial charge in [0.05, 0.1) is 0 Å². The first-order valence-corrected chi connectivity index (χ1v) is 4.38. The average molecular weight is 199 g/mol. The van der Waals surface area contributed by atoms with Crippen molar-refractivity contribution in [1.29, 1.82) is 0 Å². The molecule has 1 heterocycles. The number of rotatable bonds is 3. The molecule has 1 aliphatic rings. The van der Waals surface area contributed by atoms with Gasteiger partial charge in [0.15, 0.2) is 6.10 Å². The number of ether oxygens (including phenoxy) is 1. The lowest BCUT2D eigenvalue weighted by molar-refractivity contribution is -0.155. The van der Waals surface area contributed by atoms with Gasteiger partial charge in [0.25, 0.3) is 5.91 Å². The monoisotopic (exact) mass is 199 g/mol. The molecule has 1 amide bonds. The summed E-state index contributed by atoms with van der Waals surface area (Å²) in [4.78, 5) is 23.5. The van der Waals surface area contributed by atoms with Crippen molar-refractivity contribution in [3.8, 4) is 0 Å². The van der Waals surface area contributed by atoms with Crippen LogP contribution in [0.5, 0.6) is 0 Å². The zero-order valence-corrected chi connectivity index (χ0v) is 7.97. The summed E-state index contributed by atoms with van der Waals surface area (Å²) in [7, 11) is 0. The Morgan fingerprint density at radius 1 is 1.86 bits per heavy atom. The molecule has 0 aromatic rings. The smallest absolute Gasteiger partial charge is 0.330 e. The Morgan fingerprint density at radius 3 is 2.93 bits per heavy atom. The highest BCUT2D eigenvalue weighted by Gasteiger charge is 2.35. The molecule has 0 bridgehead atoms. The third-order valence-electron chi connectivity index (χ3n) is 2.07. The van der Waals surface area contributed by atoms with Crippen molar-refractivity contribution >= 4 is 11.9 Å². The third-order valence-corrected chi connectivity index (χ3v) is 2.07. The second-order valence-corrected chi connectivity index (χ2v) is 3.08. The Morgan fingerprint density at radius 2 is 2.50 bits per heavy atom. The zero-order valence-electron chi connectivity index (χ0n) is 7.97. The number of aliphatic hydroxyl groups is 1. The summed E-state index contributed by atoms with van der Waals surface area (Å²) >= 11 is 0. The Labute approximate surface area is 82.0 Å². The molecule has 1 rings (SSSR count). The summed E-state index contributed by atoms with van der Waals surface area (Å²) < 4.78 is 4.79. The summed E-state index contributed by atoms with van der Waals surface area (Å²) in [6.45, 7) is 5.14. The number of carbonyl (C=O) groups excluding carboxylic acids is 2. The van der Waals surface area contributed by atoms with Gasteiger partial charge < -0.3 is 14.7 Å². The number of esters is 1. The molecule has 78 valence electrons. The molecule has 1 aliphatic heterocycles. The van der Waals surface area contributed by atoms with Crippen LogP contribution in [0.2, 0.25) is 0 Å². The lowest BCUT2D eigenvalue weighted by Crippen LogP contribution is -2.37. The number of likely N-dealkylation sites (tertiary alicyclic amines) is 1. The van der Waals surface area contributed by atoms with E-state index < -0.39 is 18.3 Å². The Hall–Kier alpha value is -1.36. The van der Waals surface area contributed by atoms with Crippen molar-refractivity contribution < 1.29 is 19.4 Å². The minimum Gasteiger partial charge on any atom is -0.449 e. The summed E-state index contributed by atoms with van der Waals surface area (Å²) in [6, 6.07) is 0. The van der Waals surface area contributed by atoms with Crippen molar-refractivity contribution in [2.45, 2.75) is 25.7 Å². The second-order valence-electron chi connectivity index (χ2n) is 3.08. The maximum Gasteiger partial charge on any atom is 0.330 e. The van der Waals surface area contributed by atoms with Crippen LogP contribution < -0.4 is 0 Å². The van der Waals surface area contributed by atoms with E-state index in [2.05, 4.69) is 6.58 Å². The minimum atomic E-state index is -0.838. The molecule has 14 heavy (non-hydrogen) atoms. The van der Waals surface area contributed by atoms with Crippen molar-refractivity contribution in [2.75, 3.05) is 6.54 Å². The quantitative estimate of drug-likeness (QED) is 0.498. The third kappa shape index (κ3) is 2.11. The topological polar surface area (TPSA) is 66.8 Å². The molecule has 0 aromatic carbocycles. The molecule has 1 fully saturated rings. The molecular weight excluding hydrogens is 186 g/mol. The molecule has 0 spiro atoms. The van der Waals surface area contributed by atoms with E-state index in [0.29, 0.717) is 13.0 Å². The first-order valence-electron chi connectivity index (χ1n) is 4.38. The number of nitrogens with zero attached hydrogens (tertiary/aromatic N) is 1. The van der Waals surface area contributed by atoms with Gasteiger partial charge in [-0.05, 0) is 6.92 Å². The fourth-order valence-electron chi connectivity index (χ4n) is 1.34. The summed E-state index contributed by atoms with van der Waals surface area (Å²) in [5.41, 5.74) is 0. The van der Waals surface area contributed by atoms with Crippen LogP contribution in [0.4, 0.5) is 0 Å². The molecule has 5 heteroatoms. The lowest BCUT2D eigenvalue weighted by Gasteiger charge is -2.19. The Balaban J connectivity index is 2.55. The molecule has 1 saturated heterocycles. The maximum absolute atomic E-state index is 11.5. The van der Waals surface area contributed by atoms with Gasteiger partial charge in [0, 0.05) is 19.0 Å². The van der Waals surface area contributed by atoms with Crippen LogP contribution in [0.25, 0.3) is 0 Å². The lowest BCUT2D eigenvalue weighted by atomic mass is 10.3. The second kappa shape index (κ2) is 4.23. The van der Waals surface area contributed by atoms with E-state index in [9.17, 15) is 14.7 Å². The number of carbonyl (C=O) groups is 2. The van der Waals surface area contributed by atoms with Crippen LogP contribution in [-0.4, -0.2) is 40.8 Å². The Bertz CT molecular complexity index is 262. The van der Waals surface area contributed by atoms with E-state index in [0.717, 1.165) is 6.08 Å². The average Bonchev–Trinajstić information content (AvgIpc) is 2.48. The van der Waals surface area contributed by atoms with Crippen molar-refractivity contribution in [2.24, 2.45) is 0 Å². The molecule has 1 N–H and O–H groups in total. The molecule has 2 atom stereocenters. The van der Waals surface area contributed by atoms with Crippen molar-refractivity contribution in [3.63, 3.8) is 0 Å². The molecule has 2 unspecified atom stereocenters. The number of hydrogen-bond donors (Lipinski definition) is 1. The predicted octanol–water partition coefficient (Wildman–Crippen LogP) is -0.345. The normalized spacial score (nSPS) is 23.4. The van der Waals surface area contributed by atoms with Crippen molar-refractivity contribution in [1.82, 2.24) is 4.90 Å². The van der Waals surface area contributed by atoms with Crippen LogP contribution in [0.3, 0.4) is 0 Å². The van der Waals surface area contributed by atoms with Crippen LogP contribution in [0.15, 0.2) is 12.7 Å². The van der Waals surface area contributed by atoms with E-state index >= 15 is 0 Å². The number of amides is 1. The first kappa shape index (κ1) is 10.7. The standard InChI is InChI=1S/C9H13NO4/c1-3-8(12)14-7-4-5-10(6(2)11)9(7)13/h3,6-7,11H,1,4-5H2,2H3. The van der Waals surface area contributed by atoms with Crippen LogP contribution >= 0.6 is 0 Å². The van der Waals surface area contributed by atoms with Crippen molar-refractivity contribution in [3.05, 3.63) is 12.7 Å². The Kier molecular flexibility index (Phi) is 3.24. The fraction of sp³-hybridized carbons (Fsp3) is 0.556. The van der Waals surface area contributed by atoms with E-state index in [1.807, 2.05) is 0 Å². The molecule has 0 aliphatic carbocycles. The number of aliphatic hydroxyl groups excluding tert-OH is 1. The summed E-state index contributed by atoms with van der Waals surface area (Å²) in [5.74, 6) is -0.967. The van der Waals surface area contributed by atoms with Gasteiger partial charge in [-0.2, -0.15) is 0 Å². The molecule has 5 nitrogen and oxygen atoms in total. The van der Waals surface area contributed by atoms with Crippen LogP contribution in [0, 0.1) is 0 Å². The molecule has 0 radical (unpaired) electrons. The van der Waals surface area contributed by atoms with Crippen LogP contribution in [0.1, 0.15) is 13.3 Å². The largest absolute Gasteiger partial charge is 0.449 e. The summed E-state index contributed by atoms with van der Waals surface area (Å²) in [6.07, 6.45) is -0.174. The molecule has 0 saturated carbocycles. The zero-order chi connectivity index (χ0) is 10.7. The summed E-state index contributed by atoms with van der Waals surface area (Å²) in [5, 5.41) is 9.18. The van der Waals surface area contributed by atoms with Gasteiger partial charge in [-0.1, -0.05) is 6.58 Å². The van der Waals surface area contributed by atoms with E-state index in [4.69, 9.17) is 4.74 Å². The number of hydrogen-bond acceptors (Lipinski definition) is 4. The highest BCUT2D eigenvalue weighted by Crippen LogP contribution is 2.16. The SMILES string of the molecule is C=CC(=O)OC1CCN(C(C)O)C1=O. The van der Waals surface area contributed by atoms with Crippen LogP contribution in [-0.2, 0) is 14.3 Å². The van der Waals surface area contributed by atoms with Gasteiger partial charge in [-0.25, -0.2) is 4.79 Å². The van der Waals surface area contributed by atoms with Gasteiger partial charge in [-0.3, -0.25) is 4.79 Å². The van der Waals surface area contributed by atoms with E-state index in [1.54, 1.807) is 0 Å². The molecular formula is C9H13NO4. The first-order chi connectivity index (χ1) is 6.56. The van der Waals surface area contributed by atoms with E-state index in [1.165, 1.54) is 11.8 Å². The maximum atomic E-state index is 11.5. The van der Waals surface area contributed by atoms with Gasteiger partial charge in [0.1, 0.15) is 6.23 Å². The highest BCUT2D eigenvalue weighted by molar-refractivity contribution is 5.88. The predicted molar refractivity (Wildman–Crippen MR) is 48.1 cm³/mol.